The first-order valence-corrected chi connectivity index (χ1v) is 11.7. The number of nitrogens with zero attached hydrogens (tertiary/aromatic N) is 1. The van der Waals surface area contributed by atoms with Crippen molar-refractivity contribution in [2.24, 2.45) is 0 Å². The summed E-state index contributed by atoms with van der Waals surface area (Å²) < 4.78 is 5.78. The van der Waals surface area contributed by atoms with Crippen molar-refractivity contribution in [2.45, 2.75) is 60.6 Å². The molecule has 2 aromatic carbocycles. The maximum Gasteiger partial charge on any atom is 0.113 e. The van der Waals surface area contributed by atoms with Crippen LogP contribution in [0.5, 0.6) is 0 Å². The van der Waals surface area contributed by atoms with Crippen LogP contribution in [0.4, 0.5) is 0 Å². The molecular formula is C24H27NO5S. The van der Waals surface area contributed by atoms with Gasteiger partial charge in [-0.25, -0.2) is 0 Å². The van der Waals surface area contributed by atoms with Crippen LogP contribution in [-0.2, 0) is 11.2 Å². The first-order chi connectivity index (χ1) is 15.0. The maximum absolute atomic E-state index is 10.6. The van der Waals surface area contributed by atoms with Crippen molar-refractivity contribution in [3.05, 3.63) is 64.2 Å². The summed E-state index contributed by atoms with van der Waals surface area (Å²) in [5, 5.41) is 50.2. The second-order valence-corrected chi connectivity index (χ2v) is 9.15. The van der Waals surface area contributed by atoms with E-state index in [1.165, 1.54) is 30.2 Å². The van der Waals surface area contributed by atoms with Gasteiger partial charge in [0.1, 0.15) is 30.5 Å². The number of hydrogen-bond acceptors (Lipinski definition) is 7. The van der Waals surface area contributed by atoms with Crippen LogP contribution >= 0.6 is 11.8 Å². The van der Waals surface area contributed by atoms with Crippen LogP contribution in [0.2, 0.25) is 0 Å². The van der Waals surface area contributed by atoms with Gasteiger partial charge >= 0.3 is 0 Å². The predicted octanol–water partition coefficient (Wildman–Crippen LogP) is 2.26. The molecule has 0 aromatic heterocycles. The second kappa shape index (κ2) is 9.29. The molecule has 2 aromatic rings. The van der Waals surface area contributed by atoms with Crippen LogP contribution in [0, 0.1) is 11.3 Å². The van der Waals surface area contributed by atoms with Gasteiger partial charge in [-0.2, -0.15) is 5.26 Å². The van der Waals surface area contributed by atoms with Crippen molar-refractivity contribution in [1.29, 1.82) is 5.26 Å². The summed E-state index contributed by atoms with van der Waals surface area (Å²) in [5.41, 5.74) is 4.41. The largest absolute Gasteiger partial charge is 0.394 e. The minimum atomic E-state index is -1.44. The minimum absolute atomic E-state index is 0.480. The van der Waals surface area contributed by atoms with E-state index in [-0.39, 0.29) is 0 Å². The van der Waals surface area contributed by atoms with Gasteiger partial charge in [-0.05, 0) is 59.8 Å². The quantitative estimate of drug-likeness (QED) is 0.509. The summed E-state index contributed by atoms with van der Waals surface area (Å²) in [6.45, 7) is -0.480. The lowest BCUT2D eigenvalue weighted by Gasteiger charge is -2.40. The minimum Gasteiger partial charge on any atom is -0.394 e. The summed E-state index contributed by atoms with van der Waals surface area (Å²) in [4.78, 5) is 0.744. The zero-order chi connectivity index (χ0) is 22.1. The fourth-order valence-electron chi connectivity index (χ4n) is 4.20. The van der Waals surface area contributed by atoms with Crippen LogP contribution in [0.3, 0.4) is 0 Å². The van der Waals surface area contributed by atoms with Crippen molar-refractivity contribution in [3.8, 4) is 6.07 Å². The predicted molar refractivity (Wildman–Crippen MR) is 117 cm³/mol. The standard InChI is InChI=1S/C24H27NO5S/c1-31-20-10-17(11-25)16(8-13-2-4-14(5-3-13)15-6-7-15)9-18(20)24-23(29)22(28)21(27)19(12-26)30-24/h2-5,9-10,15,19,21-24,26-29H,6-8,12H2,1H3/t19-,21-,22+,23-,24+/m1/s1. The Morgan fingerprint density at radius 2 is 1.77 bits per heavy atom. The third-order valence-electron chi connectivity index (χ3n) is 6.20. The Bertz CT molecular complexity index is 967. The van der Waals surface area contributed by atoms with E-state index < -0.39 is 37.1 Å². The molecule has 4 N–H and O–H groups in total. The van der Waals surface area contributed by atoms with Gasteiger partial charge in [-0.15, -0.1) is 11.8 Å². The Kier molecular flexibility index (Phi) is 6.68. The van der Waals surface area contributed by atoms with Gasteiger partial charge in [0.25, 0.3) is 0 Å². The Morgan fingerprint density at radius 1 is 1.06 bits per heavy atom. The first-order valence-electron chi connectivity index (χ1n) is 10.5. The van der Waals surface area contributed by atoms with E-state index in [1.807, 2.05) is 12.3 Å². The molecular weight excluding hydrogens is 414 g/mol. The third-order valence-corrected chi connectivity index (χ3v) is 6.99. The maximum atomic E-state index is 10.6. The van der Waals surface area contributed by atoms with Gasteiger partial charge in [0, 0.05) is 4.90 Å². The van der Waals surface area contributed by atoms with Gasteiger partial charge in [0.15, 0.2) is 0 Å². The van der Waals surface area contributed by atoms with E-state index in [9.17, 15) is 25.7 Å². The monoisotopic (exact) mass is 441 g/mol. The Morgan fingerprint density at radius 3 is 2.35 bits per heavy atom. The average Bonchev–Trinajstić information content (AvgIpc) is 3.63. The van der Waals surface area contributed by atoms with Gasteiger partial charge in [0.05, 0.1) is 18.2 Å². The Balaban J connectivity index is 1.68. The Hall–Kier alpha value is -1.92. The lowest BCUT2D eigenvalue weighted by Crippen LogP contribution is -2.55. The number of aliphatic hydroxyl groups is 4. The highest BCUT2D eigenvalue weighted by atomic mass is 32.2. The summed E-state index contributed by atoms with van der Waals surface area (Å²) in [6.07, 6.45) is -1.21. The van der Waals surface area contributed by atoms with Crippen LogP contribution in [0.25, 0.3) is 0 Å². The van der Waals surface area contributed by atoms with Gasteiger partial charge in [-0.1, -0.05) is 30.3 Å². The smallest absolute Gasteiger partial charge is 0.113 e. The SMILES string of the molecule is CSc1cc(C#N)c(Cc2ccc(C3CC3)cc2)cc1[C@@H]1O[C@H](CO)[C@@H](O)[C@H](O)[C@H]1O. The summed E-state index contributed by atoms with van der Waals surface area (Å²) in [5.74, 6) is 0.683. The van der Waals surface area contributed by atoms with Crippen molar-refractivity contribution >= 4 is 11.8 Å². The highest BCUT2D eigenvalue weighted by Gasteiger charge is 2.44. The number of ether oxygens (including phenoxy) is 1. The third kappa shape index (κ3) is 4.51. The fourth-order valence-corrected chi connectivity index (χ4v) is 4.84. The van der Waals surface area contributed by atoms with E-state index in [1.54, 1.807) is 6.07 Å². The number of aliphatic hydroxyl groups excluding tert-OH is 4. The molecule has 0 unspecified atom stereocenters. The molecule has 164 valence electrons. The summed E-state index contributed by atoms with van der Waals surface area (Å²) in [6, 6.07) is 14.3. The molecule has 1 aliphatic heterocycles. The van der Waals surface area contributed by atoms with Crippen LogP contribution in [0.15, 0.2) is 41.3 Å². The molecule has 7 heteroatoms. The van der Waals surface area contributed by atoms with E-state index in [2.05, 4.69) is 30.3 Å². The van der Waals surface area contributed by atoms with Crippen molar-refractivity contribution in [2.75, 3.05) is 12.9 Å². The number of nitriles is 1. The molecule has 31 heavy (non-hydrogen) atoms. The topological polar surface area (TPSA) is 114 Å². The number of rotatable bonds is 6. The highest BCUT2D eigenvalue weighted by Crippen LogP contribution is 2.41. The van der Waals surface area contributed by atoms with Crippen LogP contribution < -0.4 is 0 Å². The normalized spacial score (nSPS) is 28.3. The zero-order valence-corrected chi connectivity index (χ0v) is 18.1. The van der Waals surface area contributed by atoms with E-state index in [0.717, 1.165) is 16.0 Å². The number of thioether (sulfide) groups is 1. The molecule has 2 fully saturated rings. The van der Waals surface area contributed by atoms with E-state index >= 15 is 0 Å². The van der Waals surface area contributed by atoms with Crippen LogP contribution in [-0.4, -0.2) is 57.7 Å². The van der Waals surface area contributed by atoms with Gasteiger partial charge in [-0.3, -0.25) is 0 Å². The molecule has 1 heterocycles. The lowest BCUT2D eigenvalue weighted by molar-refractivity contribution is -0.232. The first kappa shape index (κ1) is 22.3. The van der Waals surface area contributed by atoms with Crippen molar-refractivity contribution in [3.63, 3.8) is 0 Å². The molecule has 1 aliphatic carbocycles. The second-order valence-electron chi connectivity index (χ2n) is 8.31. The summed E-state index contributed by atoms with van der Waals surface area (Å²) >= 11 is 1.41. The molecule has 6 nitrogen and oxygen atoms in total. The summed E-state index contributed by atoms with van der Waals surface area (Å²) in [7, 11) is 0. The van der Waals surface area contributed by atoms with Gasteiger partial charge in [0.2, 0.25) is 0 Å². The molecule has 0 bridgehead atoms. The molecule has 0 radical (unpaired) electrons. The van der Waals surface area contributed by atoms with E-state index in [4.69, 9.17) is 4.74 Å². The van der Waals surface area contributed by atoms with E-state index in [0.29, 0.717) is 23.5 Å². The molecule has 1 saturated heterocycles. The molecule has 0 spiro atoms. The highest BCUT2D eigenvalue weighted by molar-refractivity contribution is 7.98. The molecule has 1 saturated carbocycles. The van der Waals surface area contributed by atoms with Crippen molar-refractivity contribution < 1.29 is 25.2 Å². The van der Waals surface area contributed by atoms with Crippen LogP contribution in [0.1, 0.15) is 52.7 Å². The van der Waals surface area contributed by atoms with Gasteiger partial charge < -0.3 is 25.2 Å². The zero-order valence-electron chi connectivity index (χ0n) is 17.3. The molecule has 4 rings (SSSR count). The number of benzene rings is 2. The Labute approximate surface area is 186 Å². The average molecular weight is 442 g/mol. The molecule has 0 amide bonds. The lowest BCUT2D eigenvalue weighted by atomic mass is 9.89. The molecule has 5 atom stereocenters. The number of hydrogen-bond donors (Lipinski definition) is 4. The fraction of sp³-hybridized carbons (Fsp3) is 0.458. The molecule has 2 aliphatic rings. The van der Waals surface area contributed by atoms with Crippen molar-refractivity contribution in [1.82, 2.24) is 0 Å².